The van der Waals surface area contributed by atoms with Gasteiger partial charge in [0.1, 0.15) is 5.69 Å². The van der Waals surface area contributed by atoms with E-state index in [9.17, 15) is 4.79 Å². The predicted molar refractivity (Wildman–Crippen MR) is 99.1 cm³/mol. The van der Waals surface area contributed by atoms with Gasteiger partial charge < -0.3 is 4.74 Å². The fourth-order valence-electron chi connectivity index (χ4n) is 2.85. The topological polar surface area (TPSA) is 57.0 Å². The highest BCUT2D eigenvalue weighted by molar-refractivity contribution is 6.35. The van der Waals surface area contributed by atoms with E-state index < -0.39 is 0 Å². The van der Waals surface area contributed by atoms with Gasteiger partial charge in [-0.25, -0.2) is 4.98 Å². The number of hydrogen-bond acceptors (Lipinski definition) is 4. The first-order chi connectivity index (χ1) is 12.0. The predicted octanol–water partition coefficient (Wildman–Crippen LogP) is 4.21. The molecule has 0 saturated heterocycles. The fraction of sp³-hybridized carbons (Fsp3) is 0.316. The lowest BCUT2D eigenvalue weighted by molar-refractivity contribution is 0.0959. The van der Waals surface area contributed by atoms with Gasteiger partial charge in [-0.1, -0.05) is 23.7 Å². The number of hydrogen-bond donors (Lipinski definition) is 0. The van der Waals surface area contributed by atoms with Gasteiger partial charge in [-0.15, -0.1) is 0 Å². The van der Waals surface area contributed by atoms with E-state index in [1.54, 1.807) is 13.2 Å². The number of rotatable bonds is 6. The highest BCUT2D eigenvalue weighted by Gasteiger charge is 2.17. The summed E-state index contributed by atoms with van der Waals surface area (Å²) >= 11 is 6.35. The maximum absolute atomic E-state index is 12.6. The standard InChI is InChI=1S/C19H20ClN3O2/c1-12-15(11-21-23(12)2)14-10-17(18(24)8-5-9-25-3)22-19-13(14)6-4-7-16(19)20/h4,6-7,10-11H,5,8-9H2,1-3H3. The Morgan fingerprint density at radius 1 is 1.32 bits per heavy atom. The lowest BCUT2D eigenvalue weighted by Crippen LogP contribution is -2.05. The van der Waals surface area contributed by atoms with Gasteiger partial charge in [-0.05, 0) is 31.0 Å². The highest BCUT2D eigenvalue weighted by Crippen LogP contribution is 2.33. The zero-order chi connectivity index (χ0) is 18.0. The third kappa shape index (κ3) is 3.43. The molecular formula is C19H20ClN3O2. The van der Waals surface area contributed by atoms with Gasteiger partial charge in [0.2, 0.25) is 0 Å². The Morgan fingerprint density at radius 3 is 2.80 bits per heavy atom. The van der Waals surface area contributed by atoms with Crippen molar-refractivity contribution in [3.63, 3.8) is 0 Å². The molecule has 0 radical (unpaired) electrons. The summed E-state index contributed by atoms with van der Waals surface area (Å²) in [4.78, 5) is 17.1. The molecule has 0 unspecified atom stereocenters. The summed E-state index contributed by atoms with van der Waals surface area (Å²) in [6.45, 7) is 2.55. The smallest absolute Gasteiger partial charge is 0.181 e. The summed E-state index contributed by atoms with van der Waals surface area (Å²) in [6.07, 6.45) is 2.87. The number of fused-ring (bicyclic) bond motifs is 1. The number of aryl methyl sites for hydroxylation is 1. The zero-order valence-electron chi connectivity index (χ0n) is 14.5. The molecule has 0 spiro atoms. The first kappa shape index (κ1) is 17.6. The number of carbonyl (C=O) groups is 1. The normalized spacial score (nSPS) is 11.2. The van der Waals surface area contributed by atoms with Crippen molar-refractivity contribution in [2.45, 2.75) is 19.8 Å². The summed E-state index contributed by atoms with van der Waals surface area (Å²) in [5.41, 5.74) is 3.98. The van der Waals surface area contributed by atoms with Crippen LogP contribution in [0.25, 0.3) is 22.0 Å². The van der Waals surface area contributed by atoms with E-state index in [4.69, 9.17) is 16.3 Å². The third-order valence-electron chi connectivity index (χ3n) is 4.35. The number of aromatic nitrogens is 3. The van der Waals surface area contributed by atoms with Crippen LogP contribution < -0.4 is 0 Å². The lowest BCUT2D eigenvalue weighted by atomic mass is 9.99. The maximum atomic E-state index is 12.6. The minimum absolute atomic E-state index is 0.0123. The first-order valence-corrected chi connectivity index (χ1v) is 8.51. The van der Waals surface area contributed by atoms with E-state index in [0.29, 0.717) is 35.7 Å². The third-order valence-corrected chi connectivity index (χ3v) is 4.66. The van der Waals surface area contributed by atoms with Gasteiger partial charge in [0.15, 0.2) is 5.78 Å². The van der Waals surface area contributed by atoms with E-state index in [1.807, 2.05) is 43.0 Å². The Hall–Kier alpha value is -2.24. The van der Waals surface area contributed by atoms with Crippen LogP contribution >= 0.6 is 11.6 Å². The van der Waals surface area contributed by atoms with Crippen molar-refractivity contribution >= 4 is 28.3 Å². The van der Waals surface area contributed by atoms with Crippen molar-refractivity contribution < 1.29 is 9.53 Å². The molecule has 0 saturated carbocycles. The molecule has 2 aromatic heterocycles. The van der Waals surface area contributed by atoms with Crippen LogP contribution in [0.2, 0.25) is 5.02 Å². The van der Waals surface area contributed by atoms with Gasteiger partial charge in [-0.2, -0.15) is 5.10 Å². The Kier molecular flexibility index (Phi) is 5.16. The van der Waals surface area contributed by atoms with Crippen LogP contribution in [0, 0.1) is 6.92 Å². The minimum atomic E-state index is -0.0123. The van der Waals surface area contributed by atoms with Gasteiger partial charge in [0, 0.05) is 43.8 Å². The summed E-state index contributed by atoms with van der Waals surface area (Å²) in [5, 5.41) is 5.77. The maximum Gasteiger partial charge on any atom is 0.181 e. The van der Waals surface area contributed by atoms with Gasteiger partial charge in [0.05, 0.1) is 16.7 Å². The number of pyridine rings is 1. The van der Waals surface area contributed by atoms with Crippen LogP contribution in [0.5, 0.6) is 0 Å². The van der Waals surface area contributed by atoms with E-state index in [1.165, 1.54) is 0 Å². The largest absolute Gasteiger partial charge is 0.385 e. The molecule has 130 valence electrons. The van der Waals surface area contributed by atoms with Crippen molar-refractivity contribution in [2.24, 2.45) is 7.05 Å². The second-order valence-corrected chi connectivity index (χ2v) is 6.39. The lowest BCUT2D eigenvalue weighted by Gasteiger charge is -2.10. The van der Waals surface area contributed by atoms with Crippen LogP contribution in [0.1, 0.15) is 29.0 Å². The molecule has 0 atom stereocenters. The van der Waals surface area contributed by atoms with Gasteiger partial charge in [-0.3, -0.25) is 9.48 Å². The van der Waals surface area contributed by atoms with Crippen molar-refractivity contribution in [2.75, 3.05) is 13.7 Å². The number of methoxy groups -OCH3 is 1. The fourth-order valence-corrected chi connectivity index (χ4v) is 3.06. The summed E-state index contributed by atoms with van der Waals surface area (Å²) in [7, 11) is 3.52. The molecule has 0 N–H and O–H groups in total. The van der Waals surface area contributed by atoms with Crippen molar-refractivity contribution in [3.05, 3.63) is 46.9 Å². The number of nitrogens with zero attached hydrogens (tertiary/aromatic N) is 3. The molecule has 0 aliphatic heterocycles. The molecule has 0 fully saturated rings. The Bertz CT molecular complexity index is 934. The number of carbonyl (C=O) groups excluding carboxylic acids is 1. The quantitative estimate of drug-likeness (QED) is 0.490. The van der Waals surface area contributed by atoms with Crippen molar-refractivity contribution in [1.82, 2.24) is 14.8 Å². The van der Waals surface area contributed by atoms with E-state index in [-0.39, 0.29) is 5.78 Å². The Labute approximate surface area is 151 Å². The molecule has 0 amide bonds. The number of para-hydroxylation sites is 1. The van der Waals surface area contributed by atoms with Crippen LogP contribution in [-0.4, -0.2) is 34.3 Å². The Morgan fingerprint density at radius 2 is 2.12 bits per heavy atom. The van der Waals surface area contributed by atoms with Crippen LogP contribution in [-0.2, 0) is 11.8 Å². The molecular weight excluding hydrogens is 338 g/mol. The van der Waals surface area contributed by atoms with Gasteiger partial charge in [0.25, 0.3) is 0 Å². The zero-order valence-corrected chi connectivity index (χ0v) is 15.3. The number of halogens is 1. The molecule has 0 aliphatic carbocycles. The first-order valence-electron chi connectivity index (χ1n) is 8.13. The summed E-state index contributed by atoms with van der Waals surface area (Å²) < 4.78 is 6.84. The van der Waals surface area contributed by atoms with Crippen molar-refractivity contribution in [1.29, 1.82) is 0 Å². The van der Waals surface area contributed by atoms with Crippen LogP contribution in [0.3, 0.4) is 0 Å². The van der Waals surface area contributed by atoms with E-state index in [0.717, 1.165) is 22.2 Å². The average Bonchev–Trinajstić information content (AvgIpc) is 2.94. The number of benzene rings is 1. The molecule has 5 nitrogen and oxygen atoms in total. The SMILES string of the molecule is COCCCC(=O)c1cc(-c2cnn(C)c2C)c2cccc(Cl)c2n1. The molecule has 3 rings (SSSR count). The molecule has 25 heavy (non-hydrogen) atoms. The number of ether oxygens (including phenoxy) is 1. The summed E-state index contributed by atoms with van der Waals surface area (Å²) in [6, 6.07) is 7.49. The van der Waals surface area contributed by atoms with E-state index in [2.05, 4.69) is 10.1 Å². The molecule has 0 aliphatic rings. The second-order valence-electron chi connectivity index (χ2n) is 5.98. The number of Topliss-reactive ketones (excluding diaryl/α,β-unsaturated/α-hetero) is 1. The average molecular weight is 358 g/mol. The molecule has 2 heterocycles. The van der Waals surface area contributed by atoms with Gasteiger partial charge >= 0.3 is 0 Å². The molecule has 1 aromatic carbocycles. The van der Waals surface area contributed by atoms with E-state index >= 15 is 0 Å². The monoisotopic (exact) mass is 357 g/mol. The second kappa shape index (κ2) is 7.33. The Balaban J connectivity index is 2.16. The van der Waals surface area contributed by atoms with Crippen LogP contribution in [0.4, 0.5) is 0 Å². The molecule has 0 bridgehead atoms. The minimum Gasteiger partial charge on any atom is -0.385 e. The van der Waals surface area contributed by atoms with Crippen LogP contribution in [0.15, 0.2) is 30.5 Å². The number of ketones is 1. The molecule has 6 heteroatoms. The summed E-state index contributed by atoms with van der Waals surface area (Å²) in [5.74, 6) is -0.0123. The molecule has 3 aromatic rings. The highest BCUT2D eigenvalue weighted by atomic mass is 35.5. The van der Waals surface area contributed by atoms with Crippen molar-refractivity contribution in [3.8, 4) is 11.1 Å².